The van der Waals surface area contributed by atoms with E-state index in [9.17, 15) is 8.78 Å². The van der Waals surface area contributed by atoms with E-state index in [1.807, 2.05) is 37.1 Å². The summed E-state index contributed by atoms with van der Waals surface area (Å²) in [4.78, 5) is 8.00. The van der Waals surface area contributed by atoms with Gasteiger partial charge in [-0.05, 0) is 117 Å². The molecule has 5 unspecified atom stereocenters. The molecule has 236 valence electrons. The summed E-state index contributed by atoms with van der Waals surface area (Å²) in [6.07, 6.45) is 9.79. The molecule has 5 heteroatoms. The Bertz CT molecular complexity index is 1130. The van der Waals surface area contributed by atoms with Crippen LogP contribution < -0.4 is 5.32 Å². The van der Waals surface area contributed by atoms with Gasteiger partial charge in [0.05, 0.1) is 6.04 Å². The third-order valence-corrected chi connectivity index (χ3v) is 8.31. The number of carbonyl (C=O) groups is 1. The smallest absolute Gasteiger partial charge is 0.123 e. The summed E-state index contributed by atoms with van der Waals surface area (Å²) in [5.41, 5.74) is 4.61. The largest absolute Gasteiger partial charge is 0.400 e. The van der Waals surface area contributed by atoms with E-state index >= 15 is 0 Å². The minimum Gasteiger partial charge on any atom is -0.400 e. The van der Waals surface area contributed by atoms with Gasteiger partial charge in [0.15, 0.2) is 0 Å². The molecule has 0 aliphatic carbocycles. The van der Waals surface area contributed by atoms with Gasteiger partial charge in [-0.1, -0.05) is 75.2 Å². The van der Waals surface area contributed by atoms with Crippen molar-refractivity contribution in [1.29, 1.82) is 0 Å². The van der Waals surface area contributed by atoms with Crippen LogP contribution in [0.5, 0.6) is 0 Å². The lowest BCUT2D eigenvalue weighted by Gasteiger charge is -2.30. The summed E-state index contributed by atoms with van der Waals surface area (Å²) in [7, 11) is 1.00. The summed E-state index contributed by atoms with van der Waals surface area (Å²) in [5, 5.41) is 10.7. The molecule has 0 fully saturated rings. The average Bonchev–Trinajstić information content (AvgIpc) is 3.04. The average molecular weight is 594 g/mol. The van der Waals surface area contributed by atoms with E-state index in [-0.39, 0.29) is 17.7 Å². The normalized spacial score (nSPS) is 14.0. The molecule has 3 rings (SSSR count). The fourth-order valence-corrected chi connectivity index (χ4v) is 5.66. The molecule has 43 heavy (non-hydrogen) atoms. The van der Waals surface area contributed by atoms with Gasteiger partial charge in [-0.2, -0.15) is 0 Å². The second-order valence-corrected chi connectivity index (χ2v) is 11.6. The van der Waals surface area contributed by atoms with Crippen molar-refractivity contribution in [3.63, 3.8) is 0 Å². The number of hydrogen-bond donors (Lipinski definition) is 2. The van der Waals surface area contributed by atoms with Crippen molar-refractivity contribution in [3.8, 4) is 0 Å². The zero-order valence-electron chi connectivity index (χ0n) is 26.9. The second kappa shape index (κ2) is 21.4. The number of carbonyl (C=O) groups excluding carboxylic acids is 1. The Morgan fingerprint density at radius 3 is 1.86 bits per heavy atom. The topological polar surface area (TPSA) is 49.3 Å². The summed E-state index contributed by atoms with van der Waals surface area (Å²) >= 11 is 0. The lowest BCUT2D eigenvalue weighted by Crippen LogP contribution is -2.20. The number of benzene rings is 3. The number of allylic oxidation sites excluding steroid dienone is 1. The first-order valence-electron chi connectivity index (χ1n) is 15.5. The molecule has 5 atom stereocenters. The Hall–Kier alpha value is -3.31. The number of rotatable bonds is 16. The molecule has 3 nitrogen and oxygen atoms in total. The Morgan fingerprint density at radius 1 is 0.791 bits per heavy atom. The highest BCUT2D eigenvalue weighted by Crippen LogP contribution is 2.37. The van der Waals surface area contributed by atoms with Crippen LogP contribution in [0.1, 0.15) is 94.4 Å². The number of aliphatic hydroxyl groups excluding tert-OH is 1. The van der Waals surface area contributed by atoms with Gasteiger partial charge in [-0.25, -0.2) is 8.78 Å². The Morgan fingerprint density at radius 2 is 1.33 bits per heavy atom. The van der Waals surface area contributed by atoms with Gasteiger partial charge >= 0.3 is 0 Å². The highest BCUT2D eigenvalue weighted by Gasteiger charge is 2.24. The van der Waals surface area contributed by atoms with Crippen molar-refractivity contribution in [2.24, 2.45) is 17.8 Å². The molecule has 3 aromatic rings. The standard InChI is InChI=1S/C36H47F2N.CH4O.CH2O/c1-6-8-9-29(24-26(3)7-2)25-32(30-16-18-33(37)19-17-30)15-12-28(5)36(31-13-10-27(4)11-14-31)39-35-22-20-34(38)21-23-35;2*1-2/h6,10-11,13-14,16-23,26,28-29,32,36,39H,1,7-9,12,15,24-25H2,2-5H3;2H,1H3;1H2. The monoisotopic (exact) mass is 593 g/mol. The van der Waals surface area contributed by atoms with Crippen molar-refractivity contribution >= 4 is 12.5 Å². The van der Waals surface area contributed by atoms with Crippen LogP contribution in [0, 0.1) is 36.3 Å². The van der Waals surface area contributed by atoms with E-state index in [4.69, 9.17) is 9.90 Å². The highest BCUT2D eigenvalue weighted by atomic mass is 19.1. The first-order chi connectivity index (χ1) is 20.8. The third kappa shape index (κ3) is 13.7. The first-order valence-corrected chi connectivity index (χ1v) is 15.5. The summed E-state index contributed by atoms with van der Waals surface area (Å²) in [5.74, 6) is 1.60. The van der Waals surface area contributed by atoms with E-state index in [0.717, 1.165) is 44.9 Å². The van der Waals surface area contributed by atoms with Gasteiger partial charge in [0, 0.05) is 12.8 Å². The maximum Gasteiger partial charge on any atom is 0.123 e. The molecule has 0 amide bonds. The lowest BCUT2D eigenvalue weighted by molar-refractivity contribution is -0.0980. The van der Waals surface area contributed by atoms with Gasteiger partial charge in [0.1, 0.15) is 18.4 Å². The van der Waals surface area contributed by atoms with Gasteiger partial charge < -0.3 is 15.2 Å². The summed E-state index contributed by atoms with van der Waals surface area (Å²) in [6, 6.07) is 22.6. The summed E-state index contributed by atoms with van der Waals surface area (Å²) in [6.45, 7) is 15.0. The number of nitrogens with one attached hydrogen (secondary N) is 1. The molecule has 0 radical (unpaired) electrons. The Kier molecular flexibility index (Phi) is 18.8. The zero-order valence-corrected chi connectivity index (χ0v) is 26.9. The van der Waals surface area contributed by atoms with Gasteiger partial charge in [-0.15, -0.1) is 6.58 Å². The van der Waals surface area contributed by atoms with Crippen molar-refractivity contribution in [2.75, 3.05) is 12.4 Å². The van der Waals surface area contributed by atoms with Crippen LogP contribution in [0.4, 0.5) is 14.5 Å². The van der Waals surface area contributed by atoms with E-state index in [2.05, 4.69) is 63.9 Å². The van der Waals surface area contributed by atoms with E-state index in [1.165, 1.54) is 41.7 Å². The van der Waals surface area contributed by atoms with Gasteiger partial charge in [0.2, 0.25) is 0 Å². The minimum absolute atomic E-state index is 0.0987. The van der Waals surface area contributed by atoms with Crippen LogP contribution in [0.15, 0.2) is 85.5 Å². The maximum atomic E-state index is 13.8. The molecule has 0 saturated carbocycles. The fourth-order valence-electron chi connectivity index (χ4n) is 5.66. The summed E-state index contributed by atoms with van der Waals surface area (Å²) < 4.78 is 27.4. The quantitative estimate of drug-likeness (QED) is 0.162. The molecular formula is C38H53F2NO2. The first kappa shape index (κ1) is 37.7. The molecule has 0 aliphatic heterocycles. The molecule has 0 bridgehead atoms. The third-order valence-electron chi connectivity index (χ3n) is 8.31. The number of hydrogen-bond acceptors (Lipinski definition) is 3. The number of aliphatic hydroxyl groups is 1. The molecule has 0 aliphatic rings. The van der Waals surface area contributed by atoms with Crippen LogP contribution in [0.2, 0.25) is 0 Å². The van der Waals surface area contributed by atoms with Crippen LogP contribution in [-0.4, -0.2) is 19.0 Å². The molecule has 3 aromatic carbocycles. The molecule has 2 N–H and O–H groups in total. The van der Waals surface area contributed by atoms with Crippen molar-refractivity contribution < 1.29 is 18.7 Å². The predicted octanol–water partition coefficient (Wildman–Crippen LogP) is 10.5. The van der Waals surface area contributed by atoms with E-state index < -0.39 is 0 Å². The molecule has 0 heterocycles. The molecule has 0 saturated heterocycles. The molecule has 0 aromatic heterocycles. The minimum atomic E-state index is -0.231. The van der Waals surface area contributed by atoms with Crippen molar-refractivity contribution in [2.45, 2.75) is 84.6 Å². The van der Waals surface area contributed by atoms with Crippen molar-refractivity contribution in [1.82, 2.24) is 0 Å². The van der Waals surface area contributed by atoms with Crippen LogP contribution in [-0.2, 0) is 4.79 Å². The Balaban J connectivity index is 0.00000221. The molecular weight excluding hydrogens is 540 g/mol. The van der Waals surface area contributed by atoms with Crippen molar-refractivity contribution in [3.05, 3.63) is 114 Å². The number of anilines is 1. The number of aryl methyl sites for hydroxylation is 1. The van der Waals surface area contributed by atoms with Gasteiger partial charge in [0.25, 0.3) is 0 Å². The number of halogens is 2. The zero-order chi connectivity index (χ0) is 32.2. The van der Waals surface area contributed by atoms with Gasteiger partial charge in [-0.3, -0.25) is 0 Å². The molecule has 0 spiro atoms. The Labute approximate surface area is 259 Å². The maximum absolute atomic E-state index is 13.8. The van der Waals surface area contributed by atoms with Crippen LogP contribution in [0.25, 0.3) is 0 Å². The fraction of sp³-hybridized carbons (Fsp3) is 0.447. The lowest BCUT2D eigenvalue weighted by atomic mass is 9.78. The second-order valence-electron chi connectivity index (χ2n) is 11.6. The highest BCUT2D eigenvalue weighted by molar-refractivity contribution is 5.46. The van der Waals surface area contributed by atoms with Crippen LogP contribution >= 0.6 is 0 Å². The van der Waals surface area contributed by atoms with E-state index in [0.29, 0.717) is 23.7 Å². The predicted molar refractivity (Wildman–Crippen MR) is 178 cm³/mol. The van der Waals surface area contributed by atoms with Crippen LogP contribution in [0.3, 0.4) is 0 Å². The SMILES string of the molecule is C=CCCC(CC(C)CC)CC(CCC(C)C(Nc1ccc(F)cc1)c1ccc(C)cc1)c1ccc(F)cc1.C=O.CO. The van der Waals surface area contributed by atoms with E-state index in [1.54, 1.807) is 12.1 Å².